The van der Waals surface area contributed by atoms with Crippen LogP contribution in [0.5, 0.6) is 5.75 Å². The van der Waals surface area contributed by atoms with Gasteiger partial charge in [0.25, 0.3) is 5.91 Å². The molecule has 140 valence electrons. The molecule has 0 aliphatic heterocycles. The van der Waals surface area contributed by atoms with Crippen LogP contribution in [0.4, 0.5) is 5.69 Å². The standard InChI is InChI=1S/C19H25N3O4/c1-12-7-6-8-16(11-12)25-10-9-17(23)26-15(4)19(24)20-18-13(2)21-22(5)14(18)3/h6-8,11,15H,9-10H2,1-5H3,(H,20,24)/t15-/m1/s1. The summed E-state index contributed by atoms with van der Waals surface area (Å²) in [5.41, 5.74) is 3.27. The van der Waals surface area contributed by atoms with Gasteiger partial charge < -0.3 is 14.8 Å². The largest absolute Gasteiger partial charge is 0.493 e. The van der Waals surface area contributed by atoms with Gasteiger partial charge in [0.05, 0.1) is 30.1 Å². The molecule has 0 fully saturated rings. The Labute approximate surface area is 153 Å². The quantitative estimate of drug-likeness (QED) is 0.769. The van der Waals surface area contributed by atoms with E-state index in [2.05, 4.69) is 10.4 Å². The van der Waals surface area contributed by atoms with E-state index in [1.807, 2.05) is 45.0 Å². The number of amides is 1. The van der Waals surface area contributed by atoms with Crippen molar-refractivity contribution in [2.24, 2.45) is 7.05 Å². The van der Waals surface area contributed by atoms with Gasteiger partial charge in [-0.2, -0.15) is 5.10 Å². The molecule has 7 nitrogen and oxygen atoms in total. The molecule has 0 unspecified atom stereocenters. The van der Waals surface area contributed by atoms with E-state index in [1.54, 1.807) is 11.7 Å². The Kier molecular flexibility index (Phi) is 6.38. The fourth-order valence-corrected chi connectivity index (χ4v) is 2.45. The van der Waals surface area contributed by atoms with Crippen molar-refractivity contribution in [3.63, 3.8) is 0 Å². The molecule has 0 saturated heterocycles. The van der Waals surface area contributed by atoms with Crippen LogP contribution in [0, 0.1) is 20.8 Å². The van der Waals surface area contributed by atoms with Crippen LogP contribution in [0.3, 0.4) is 0 Å². The van der Waals surface area contributed by atoms with Crippen molar-refractivity contribution < 1.29 is 19.1 Å². The monoisotopic (exact) mass is 359 g/mol. The maximum Gasteiger partial charge on any atom is 0.310 e. The molecule has 0 bridgehead atoms. The van der Waals surface area contributed by atoms with Crippen LogP contribution < -0.4 is 10.1 Å². The minimum atomic E-state index is -0.902. The number of hydrogen-bond acceptors (Lipinski definition) is 5. The predicted octanol–water partition coefficient (Wildman–Crippen LogP) is 2.68. The van der Waals surface area contributed by atoms with E-state index >= 15 is 0 Å². The van der Waals surface area contributed by atoms with Gasteiger partial charge in [-0.15, -0.1) is 0 Å². The van der Waals surface area contributed by atoms with E-state index in [4.69, 9.17) is 9.47 Å². The first-order chi connectivity index (χ1) is 12.3. The van der Waals surface area contributed by atoms with Crippen molar-refractivity contribution in [2.75, 3.05) is 11.9 Å². The third-order valence-electron chi connectivity index (χ3n) is 4.00. The molecule has 1 aromatic heterocycles. The molecule has 1 amide bonds. The molecule has 1 aromatic carbocycles. The van der Waals surface area contributed by atoms with Gasteiger partial charge in [-0.1, -0.05) is 12.1 Å². The highest BCUT2D eigenvalue weighted by molar-refractivity contribution is 5.96. The molecule has 0 spiro atoms. The number of rotatable bonds is 7. The van der Waals surface area contributed by atoms with Gasteiger partial charge in [-0.25, -0.2) is 0 Å². The highest BCUT2D eigenvalue weighted by Gasteiger charge is 2.20. The Morgan fingerprint density at radius 3 is 2.62 bits per heavy atom. The molecule has 26 heavy (non-hydrogen) atoms. The van der Waals surface area contributed by atoms with E-state index in [-0.39, 0.29) is 13.0 Å². The van der Waals surface area contributed by atoms with Crippen molar-refractivity contribution in [1.29, 1.82) is 0 Å². The van der Waals surface area contributed by atoms with Gasteiger partial charge in [0.1, 0.15) is 5.75 Å². The Balaban J connectivity index is 1.79. The van der Waals surface area contributed by atoms with Crippen molar-refractivity contribution in [1.82, 2.24) is 9.78 Å². The molecule has 2 aromatic rings. The summed E-state index contributed by atoms with van der Waals surface area (Å²) in [4.78, 5) is 24.1. The van der Waals surface area contributed by atoms with Crippen LogP contribution in [0.2, 0.25) is 0 Å². The average Bonchev–Trinajstić information content (AvgIpc) is 2.81. The molecule has 7 heteroatoms. The van der Waals surface area contributed by atoms with Gasteiger partial charge in [0, 0.05) is 7.05 Å². The van der Waals surface area contributed by atoms with Gasteiger partial charge in [-0.05, 0) is 45.4 Å². The Bertz CT molecular complexity index is 798. The highest BCUT2D eigenvalue weighted by Crippen LogP contribution is 2.19. The molecule has 1 heterocycles. The number of carbonyl (C=O) groups is 2. The molecule has 1 N–H and O–H groups in total. The number of benzene rings is 1. The summed E-state index contributed by atoms with van der Waals surface area (Å²) >= 11 is 0. The average molecular weight is 359 g/mol. The van der Waals surface area contributed by atoms with Crippen molar-refractivity contribution in [3.05, 3.63) is 41.2 Å². The van der Waals surface area contributed by atoms with Crippen LogP contribution in [0.25, 0.3) is 0 Å². The third-order valence-corrected chi connectivity index (χ3v) is 4.00. The zero-order valence-corrected chi connectivity index (χ0v) is 15.8. The molecular formula is C19H25N3O4. The van der Waals surface area contributed by atoms with E-state index in [0.717, 1.165) is 11.3 Å². The minimum absolute atomic E-state index is 0.0660. The summed E-state index contributed by atoms with van der Waals surface area (Å²) in [6.07, 6.45) is -0.836. The van der Waals surface area contributed by atoms with Crippen LogP contribution in [-0.4, -0.2) is 34.4 Å². The topological polar surface area (TPSA) is 82.4 Å². The molecule has 0 aliphatic carbocycles. The van der Waals surface area contributed by atoms with E-state index in [9.17, 15) is 9.59 Å². The zero-order chi connectivity index (χ0) is 19.3. The maximum atomic E-state index is 12.2. The summed E-state index contributed by atoms with van der Waals surface area (Å²) in [6.45, 7) is 7.36. The fourth-order valence-electron chi connectivity index (χ4n) is 2.45. The lowest BCUT2D eigenvalue weighted by Crippen LogP contribution is -2.30. The number of esters is 1. The van der Waals surface area contributed by atoms with Crippen molar-refractivity contribution in [3.8, 4) is 5.75 Å². The number of ether oxygens (including phenoxy) is 2. The Morgan fingerprint density at radius 2 is 2.00 bits per heavy atom. The molecule has 1 atom stereocenters. The number of aryl methyl sites for hydroxylation is 3. The predicted molar refractivity (Wildman–Crippen MR) is 98.2 cm³/mol. The zero-order valence-electron chi connectivity index (χ0n) is 15.8. The highest BCUT2D eigenvalue weighted by atomic mass is 16.5. The lowest BCUT2D eigenvalue weighted by atomic mass is 10.2. The number of nitrogens with one attached hydrogen (secondary N) is 1. The second kappa shape index (κ2) is 8.51. The summed E-state index contributed by atoms with van der Waals surface area (Å²) in [7, 11) is 1.80. The molecular weight excluding hydrogens is 334 g/mol. The number of carbonyl (C=O) groups excluding carboxylic acids is 2. The molecule has 0 saturated carbocycles. The van der Waals surface area contributed by atoms with Gasteiger partial charge in [0.15, 0.2) is 6.10 Å². The second-order valence-corrected chi connectivity index (χ2v) is 6.21. The summed E-state index contributed by atoms with van der Waals surface area (Å²) < 4.78 is 12.4. The molecule has 2 rings (SSSR count). The van der Waals surface area contributed by atoms with Crippen molar-refractivity contribution >= 4 is 17.6 Å². The maximum absolute atomic E-state index is 12.2. The van der Waals surface area contributed by atoms with Gasteiger partial charge in [0.2, 0.25) is 0 Å². The molecule has 0 radical (unpaired) electrons. The first kappa shape index (κ1) is 19.5. The van der Waals surface area contributed by atoms with Crippen LogP contribution in [0.15, 0.2) is 24.3 Å². The third kappa shape index (κ3) is 5.08. The van der Waals surface area contributed by atoms with Crippen LogP contribution in [0.1, 0.15) is 30.3 Å². The van der Waals surface area contributed by atoms with Crippen molar-refractivity contribution in [2.45, 2.75) is 40.2 Å². The van der Waals surface area contributed by atoms with E-state index in [0.29, 0.717) is 17.1 Å². The summed E-state index contributed by atoms with van der Waals surface area (Å²) in [5.74, 6) is -0.178. The second-order valence-electron chi connectivity index (χ2n) is 6.21. The Morgan fingerprint density at radius 1 is 1.27 bits per heavy atom. The number of hydrogen-bond donors (Lipinski definition) is 1. The van der Waals surface area contributed by atoms with E-state index < -0.39 is 18.0 Å². The number of aromatic nitrogens is 2. The lowest BCUT2D eigenvalue weighted by molar-refractivity contribution is -0.153. The smallest absolute Gasteiger partial charge is 0.310 e. The van der Waals surface area contributed by atoms with E-state index in [1.165, 1.54) is 6.92 Å². The molecule has 0 aliphatic rings. The van der Waals surface area contributed by atoms with Crippen LogP contribution in [-0.2, 0) is 21.4 Å². The first-order valence-electron chi connectivity index (χ1n) is 8.48. The van der Waals surface area contributed by atoms with Crippen LogP contribution >= 0.6 is 0 Å². The van der Waals surface area contributed by atoms with Gasteiger partial charge in [-0.3, -0.25) is 14.3 Å². The number of anilines is 1. The minimum Gasteiger partial charge on any atom is -0.493 e. The number of nitrogens with zero attached hydrogens (tertiary/aromatic N) is 2. The Hall–Kier alpha value is -2.83. The SMILES string of the molecule is Cc1cccc(OCCC(=O)O[C@H](C)C(=O)Nc2c(C)nn(C)c2C)c1. The normalized spacial score (nSPS) is 11.7. The van der Waals surface area contributed by atoms with Gasteiger partial charge >= 0.3 is 5.97 Å². The first-order valence-corrected chi connectivity index (χ1v) is 8.48. The lowest BCUT2D eigenvalue weighted by Gasteiger charge is -2.14. The summed E-state index contributed by atoms with van der Waals surface area (Å²) in [6, 6.07) is 7.57. The summed E-state index contributed by atoms with van der Waals surface area (Å²) in [5, 5.41) is 7.00. The fraction of sp³-hybridized carbons (Fsp3) is 0.421.